The smallest absolute Gasteiger partial charge is 0.371 e. The number of carboxylic acid groups (broad SMARTS) is 1. The van der Waals surface area contributed by atoms with Crippen LogP contribution in [0.3, 0.4) is 0 Å². The van der Waals surface area contributed by atoms with Crippen LogP contribution in [-0.4, -0.2) is 66.4 Å². The van der Waals surface area contributed by atoms with Crippen LogP contribution in [0.4, 0.5) is 0 Å². The number of rotatable bonds is 3. The van der Waals surface area contributed by atoms with Gasteiger partial charge in [0, 0.05) is 0 Å². The van der Waals surface area contributed by atoms with Gasteiger partial charge in [0.05, 0.1) is 6.61 Å². The predicted octanol–water partition coefficient (Wildman–Crippen LogP) is -2.94. The molecule has 1 heterocycles. The van der Waals surface area contributed by atoms with E-state index in [9.17, 15) is 19.6 Å². The number of aliphatic carboxylic acids is 1. The van der Waals surface area contributed by atoms with E-state index in [4.69, 9.17) is 20.0 Å². The van der Waals surface area contributed by atoms with Crippen molar-refractivity contribution in [2.24, 2.45) is 0 Å². The van der Waals surface area contributed by atoms with Crippen LogP contribution >= 0.6 is 7.60 Å². The Kier molecular flexibility index (Phi) is 3.42. The van der Waals surface area contributed by atoms with Gasteiger partial charge in [-0.1, -0.05) is 0 Å². The first-order chi connectivity index (χ1) is 7.18. The highest BCUT2D eigenvalue weighted by atomic mass is 31.2. The molecule has 0 bridgehead atoms. The van der Waals surface area contributed by atoms with Gasteiger partial charge in [-0.2, -0.15) is 0 Å². The SMILES string of the molecule is O=C(O)C1(P(=O)(O)O)O[C@H](CO)[C@@H](O)[C@H]1O. The van der Waals surface area contributed by atoms with Crippen LogP contribution < -0.4 is 0 Å². The molecule has 0 radical (unpaired) electrons. The molecule has 1 unspecified atom stereocenters. The van der Waals surface area contributed by atoms with E-state index >= 15 is 0 Å². The lowest BCUT2D eigenvalue weighted by atomic mass is 10.1. The maximum Gasteiger partial charge on any atom is 0.371 e. The Morgan fingerprint density at radius 2 is 1.88 bits per heavy atom. The fourth-order valence-corrected chi connectivity index (χ4v) is 2.51. The van der Waals surface area contributed by atoms with E-state index in [1.807, 2.05) is 0 Å². The molecule has 6 N–H and O–H groups in total. The van der Waals surface area contributed by atoms with Crippen LogP contribution in [0.15, 0.2) is 0 Å². The standard InChI is InChI=1S/C6H11O9P/c7-1-2-3(8)4(9)6(15-2,5(10)11)16(12,13)14/h2-4,7-9H,1H2,(H,10,11)(H2,12,13,14)/t2-,3-,4-,6?/m1/s1. The van der Waals surface area contributed by atoms with Gasteiger partial charge in [-0.25, -0.2) is 4.79 Å². The third-order valence-corrected chi connectivity index (χ3v) is 3.78. The van der Waals surface area contributed by atoms with Crippen LogP contribution in [0.25, 0.3) is 0 Å². The first-order valence-corrected chi connectivity index (χ1v) is 5.73. The van der Waals surface area contributed by atoms with Gasteiger partial charge in [-0.3, -0.25) is 4.57 Å². The molecule has 0 spiro atoms. The Balaban J connectivity index is 3.25. The van der Waals surface area contributed by atoms with E-state index in [0.29, 0.717) is 0 Å². The van der Waals surface area contributed by atoms with Gasteiger partial charge in [0.15, 0.2) is 0 Å². The summed E-state index contributed by atoms with van der Waals surface area (Å²) in [5, 5.41) is 32.8. The summed E-state index contributed by atoms with van der Waals surface area (Å²) >= 11 is 0. The van der Waals surface area contributed by atoms with Crippen LogP contribution in [0.5, 0.6) is 0 Å². The average Bonchev–Trinajstić information content (AvgIpc) is 2.40. The normalized spacial score (nSPS) is 39.9. The second-order valence-electron chi connectivity index (χ2n) is 3.32. The Morgan fingerprint density at radius 1 is 1.38 bits per heavy atom. The molecule has 16 heavy (non-hydrogen) atoms. The van der Waals surface area contributed by atoms with Crippen molar-refractivity contribution in [1.82, 2.24) is 0 Å². The van der Waals surface area contributed by atoms with Crippen molar-refractivity contribution in [3.8, 4) is 0 Å². The van der Waals surface area contributed by atoms with E-state index in [1.165, 1.54) is 0 Å². The first-order valence-electron chi connectivity index (χ1n) is 4.12. The highest BCUT2D eigenvalue weighted by Crippen LogP contribution is 2.57. The third-order valence-electron chi connectivity index (χ3n) is 2.36. The summed E-state index contributed by atoms with van der Waals surface area (Å²) in [6, 6.07) is 0. The molecular formula is C6H11O9P. The summed E-state index contributed by atoms with van der Waals surface area (Å²) in [6.07, 6.45) is -5.80. The first kappa shape index (κ1) is 13.5. The molecule has 1 fully saturated rings. The molecule has 1 saturated heterocycles. The topological polar surface area (TPSA) is 165 Å². The largest absolute Gasteiger partial charge is 0.479 e. The van der Waals surface area contributed by atoms with Crippen molar-refractivity contribution in [3.05, 3.63) is 0 Å². The highest BCUT2D eigenvalue weighted by molar-refractivity contribution is 7.54. The Morgan fingerprint density at radius 3 is 2.06 bits per heavy atom. The predicted molar refractivity (Wildman–Crippen MR) is 46.4 cm³/mol. The zero-order valence-electron chi connectivity index (χ0n) is 7.79. The molecule has 1 aliphatic heterocycles. The van der Waals surface area contributed by atoms with Crippen molar-refractivity contribution in [2.45, 2.75) is 23.7 Å². The molecule has 0 aliphatic carbocycles. The lowest BCUT2D eigenvalue weighted by molar-refractivity contribution is -0.162. The zero-order chi connectivity index (χ0) is 12.7. The second-order valence-corrected chi connectivity index (χ2v) is 5.07. The lowest BCUT2D eigenvalue weighted by Gasteiger charge is -2.27. The molecule has 1 rings (SSSR count). The highest BCUT2D eigenvalue weighted by Gasteiger charge is 2.69. The number of hydrogen-bond donors (Lipinski definition) is 6. The molecule has 10 heteroatoms. The Bertz CT molecular complexity index is 337. The molecule has 0 aromatic carbocycles. The maximum atomic E-state index is 11.1. The van der Waals surface area contributed by atoms with E-state index in [0.717, 1.165) is 0 Å². The summed E-state index contributed by atoms with van der Waals surface area (Å²) < 4.78 is 15.5. The van der Waals surface area contributed by atoms with E-state index in [1.54, 1.807) is 0 Å². The van der Waals surface area contributed by atoms with Crippen LogP contribution in [0, 0.1) is 0 Å². The van der Waals surface area contributed by atoms with Gasteiger partial charge in [-0.05, 0) is 0 Å². The molecule has 0 aromatic heterocycles. The summed E-state index contributed by atoms with van der Waals surface area (Å²) in [5.74, 6) is -2.11. The average molecular weight is 258 g/mol. The van der Waals surface area contributed by atoms with Crippen LogP contribution in [-0.2, 0) is 14.1 Å². The number of carbonyl (C=O) groups is 1. The molecule has 4 atom stereocenters. The van der Waals surface area contributed by atoms with Crippen molar-refractivity contribution < 1.29 is 44.3 Å². The van der Waals surface area contributed by atoms with Gasteiger partial charge >= 0.3 is 13.6 Å². The number of aliphatic hydroxyl groups excluding tert-OH is 3. The van der Waals surface area contributed by atoms with Crippen LogP contribution in [0.1, 0.15) is 0 Å². The Hall–Kier alpha value is -0.540. The van der Waals surface area contributed by atoms with Gasteiger partial charge in [-0.15, -0.1) is 0 Å². The summed E-state index contributed by atoms with van der Waals surface area (Å²) in [7, 11) is -5.39. The minimum absolute atomic E-state index is 0.882. The monoisotopic (exact) mass is 258 g/mol. The van der Waals surface area contributed by atoms with Crippen molar-refractivity contribution >= 4 is 13.6 Å². The van der Waals surface area contributed by atoms with E-state index in [-0.39, 0.29) is 0 Å². The van der Waals surface area contributed by atoms with Crippen LogP contribution in [0.2, 0.25) is 0 Å². The van der Waals surface area contributed by atoms with Gasteiger partial charge in [0.25, 0.3) is 5.34 Å². The fourth-order valence-electron chi connectivity index (χ4n) is 1.49. The van der Waals surface area contributed by atoms with Crippen molar-refractivity contribution in [1.29, 1.82) is 0 Å². The molecule has 9 nitrogen and oxygen atoms in total. The molecule has 0 amide bonds. The molecule has 0 aromatic rings. The quantitative estimate of drug-likeness (QED) is 0.290. The minimum Gasteiger partial charge on any atom is -0.479 e. The number of hydrogen-bond acceptors (Lipinski definition) is 6. The second kappa shape index (κ2) is 4.04. The molecular weight excluding hydrogens is 247 g/mol. The number of carboxylic acids is 1. The lowest BCUT2D eigenvalue weighted by Crippen LogP contribution is -2.49. The maximum absolute atomic E-state index is 11.1. The summed E-state index contributed by atoms with van der Waals surface area (Å²) in [6.45, 7) is -0.882. The molecule has 0 saturated carbocycles. The third kappa shape index (κ3) is 1.66. The summed E-state index contributed by atoms with van der Waals surface area (Å²) in [5.41, 5.74) is 0. The fraction of sp³-hybridized carbons (Fsp3) is 0.833. The molecule has 94 valence electrons. The minimum atomic E-state index is -5.39. The number of ether oxygens (including phenoxy) is 1. The van der Waals surface area contributed by atoms with Crippen molar-refractivity contribution in [2.75, 3.05) is 6.61 Å². The number of aliphatic hydroxyl groups is 3. The molecule has 1 aliphatic rings. The van der Waals surface area contributed by atoms with E-state index in [2.05, 4.69) is 4.74 Å². The van der Waals surface area contributed by atoms with Crippen molar-refractivity contribution in [3.63, 3.8) is 0 Å². The Labute approximate surface area is 89.1 Å². The summed E-state index contributed by atoms with van der Waals surface area (Å²) in [4.78, 5) is 28.6. The van der Waals surface area contributed by atoms with Gasteiger partial charge in [0.2, 0.25) is 0 Å². The van der Waals surface area contributed by atoms with Gasteiger partial charge in [0.1, 0.15) is 18.3 Å². The van der Waals surface area contributed by atoms with Gasteiger partial charge < -0.3 is 34.9 Å². The zero-order valence-corrected chi connectivity index (χ0v) is 8.69. The van der Waals surface area contributed by atoms with E-state index < -0.39 is 43.8 Å².